The summed E-state index contributed by atoms with van der Waals surface area (Å²) in [4.78, 5) is 21.0. The second kappa shape index (κ2) is 7.59. The SMILES string of the molecule is C[C@H](O)CN1CCN(C(=O)c2cccn2Cc2ccncc2)CC1. The number of rotatable bonds is 5. The summed E-state index contributed by atoms with van der Waals surface area (Å²) in [5.41, 5.74) is 1.84. The van der Waals surface area contributed by atoms with Gasteiger partial charge in [-0.1, -0.05) is 0 Å². The number of nitrogens with zero attached hydrogens (tertiary/aromatic N) is 4. The Bertz CT molecular complexity index is 661. The van der Waals surface area contributed by atoms with Crippen molar-refractivity contribution in [3.8, 4) is 0 Å². The van der Waals surface area contributed by atoms with Gasteiger partial charge in [0.25, 0.3) is 5.91 Å². The van der Waals surface area contributed by atoms with Crippen LogP contribution in [-0.4, -0.2) is 69.2 Å². The highest BCUT2D eigenvalue weighted by Crippen LogP contribution is 2.12. The molecule has 1 amide bonds. The topological polar surface area (TPSA) is 61.6 Å². The molecule has 1 fully saturated rings. The number of hydrogen-bond donors (Lipinski definition) is 1. The first-order valence-corrected chi connectivity index (χ1v) is 8.37. The van der Waals surface area contributed by atoms with E-state index in [9.17, 15) is 9.90 Å². The second-order valence-corrected chi connectivity index (χ2v) is 6.32. The van der Waals surface area contributed by atoms with Crippen molar-refractivity contribution in [1.82, 2.24) is 19.4 Å². The van der Waals surface area contributed by atoms with E-state index in [-0.39, 0.29) is 12.0 Å². The molecular formula is C18H24N4O2. The third-order valence-electron chi connectivity index (χ3n) is 4.33. The molecule has 0 aromatic carbocycles. The second-order valence-electron chi connectivity index (χ2n) is 6.32. The van der Waals surface area contributed by atoms with E-state index in [1.54, 1.807) is 19.3 Å². The van der Waals surface area contributed by atoms with Gasteiger partial charge in [-0.2, -0.15) is 0 Å². The average molecular weight is 328 g/mol. The van der Waals surface area contributed by atoms with Gasteiger partial charge in [-0.05, 0) is 36.8 Å². The maximum atomic E-state index is 12.8. The van der Waals surface area contributed by atoms with Crippen molar-refractivity contribution in [2.75, 3.05) is 32.7 Å². The van der Waals surface area contributed by atoms with Crippen molar-refractivity contribution >= 4 is 5.91 Å². The van der Waals surface area contributed by atoms with E-state index in [1.165, 1.54) is 0 Å². The molecule has 6 heteroatoms. The van der Waals surface area contributed by atoms with Crippen LogP contribution >= 0.6 is 0 Å². The Labute approximate surface area is 142 Å². The molecule has 3 rings (SSSR count). The molecule has 6 nitrogen and oxygen atoms in total. The molecule has 128 valence electrons. The smallest absolute Gasteiger partial charge is 0.270 e. The third-order valence-corrected chi connectivity index (χ3v) is 4.33. The Morgan fingerprint density at radius 3 is 2.58 bits per heavy atom. The van der Waals surface area contributed by atoms with Gasteiger partial charge >= 0.3 is 0 Å². The molecule has 1 N–H and O–H groups in total. The van der Waals surface area contributed by atoms with E-state index in [0.29, 0.717) is 26.2 Å². The van der Waals surface area contributed by atoms with Crippen LogP contribution in [0.4, 0.5) is 0 Å². The lowest BCUT2D eigenvalue weighted by atomic mass is 10.2. The molecule has 2 aromatic rings. The summed E-state index contributed by atoms with van der Waals surface area (Å²) in [5, 5.41) is 9.48. The molecule has 0 bridgehead atoms. The summed E-state index contributed by atoms with van der Waals surface area (Å²) in [5.74, 6) is 0.0748. The number of carbonyl (C=O) groups is 1. The number of hydrogen-bond acceptors (Lipinski definition) is 4. The van der Waals surface area contributed by atoms with E-state index in [4.69, 9.17) is 0 Å². The molecule has 2 aromatic heterocycles. The Morgan fingerprint density at radius 1 is 1.21 bits per heavy atom. The zero-order valence-corrected chi connectivity index (χ0v) is 14.0. The molecule has 0 saturated carbocycles. The van der Waals surface area contributed by atoms with Crippen LogP contribution in [0.25, 0.3) is 0 Å². The van der Waals surface area contributed by atoms with E-state index in [1.807, 2.05) is 39.9 Å². The average Bonchev–Trinajstić information content (AvgIpc) is 3.03. The zero-order chi connectivity index (χ0) is 16.9. The van der Waals surface area contributed by atoms with Crippen LogP contribution in [0.1, 0.15) is 23.0 Å². The molecule has 1 atom stereocenters. The zero-order valence-electron chi connectivity index (χ0n) is 14.0. The minimum absolute atomic E-state index is 0.0748. The van der Waals surface area contributed by atoms with Crippen LogP contribution in [0.3, 0.4) is 0 Å². The first-order chi connectivity index (χ1) is 11.6. The number of carbonyl (C=O) groups excluding carboxylic acids is 1. The first kappa shape index (κ1) is 16.7. The lowest BCUT2D eigenvalue weighted by molar-refractivity contribution is 0.0545. The maximum absolute atomic E-state index is 12.8. The molecule has 0 unspecified atom stereocenters. The number of aromatic nitrogens is 2. The molecule has 0 spiro atoms. The van der Waals surface area contributed by atoms with Gasteiger partial charge in [-0.25, -0.2) is 0 Å². The standard InChI is InChI=1S/C18H24N4O2/c1-15(23)13-20-9-11-21(12-10-20)18(24)17-3-2-8-22(17)14-16-4-6-19-7-5-16/h2-8,15,23H,9-14H2,1H3/t15-/m0/s1. The van der Waals surface area contributed by atoms with Gasteiger partial charge in [-0.3, -0.25) is 14.7 Å². The number of pyridine rings is 1. The Hall–Kier alpha value is -2.18. The molecule has 1 aliphatic heterocycles. The van der Waals surface area contributed by atoms with E-state index in [2.05, 4.69) is 9.88 Å². The summed E-state index contributed by atoms with van der Waals surface area (Å²) in [7, 11) is 0. The predicted octanol–water partition coefficient (Wildman–Crippen LogP) is 1.07. The van der Waals surface area contributed by atoms with Gasteiger partial charge in [0.05, 0.1) is 6.10 Å². The number of β-amino-alcohol motifs (C(OH)–C–C–N with tert-alkyl or cyclic N) is 1. The van der Waals surface area contributed by atoms with Crippen molar-refractivity contribution in [3.05, 3.63) is 54.1 Å². The number of piperazine rings is 1. The lowest BCUT2D eigenvalue weighted by Gasteiger charge is -2.35. The molecule has 1 aliphatic rings. The van der Waals surface area contributed by atoms with Gasteiger partial charge in [0.15, 0.2) is 0 Å². The van der Waals surface area contributed by atoms with Crippen LogP contribution in [0.15, 0.2) is 42.9 Å². The molecule has 0 radical (unpaired) electrons. The van der Waals surface area contributed by atoms with Crippen molar-refractivity contribution < 1.29 is 9.90 Å². The van der Waals surface area contributed by atoms with E-state index in [0.717, 1.165) is 24.3 Å². The number of aliphatic hydroxyl groups is 1. The highest BCUT2D eigenvalue weighted by molar-refractivity contribution is 5.92. The number of aliphatic hydroxyl groups excluding tert-OH is 1. The first-order valence-electron chi connectivity index (χ1n) is 8.37. The fraction of sp³-hybridized carbons (Fsp3) is 0.444. The fourth-order valence-electron chi connectivity index (χ4n) is 3.10. The van der Waals surface area contributed by atoms with Gasteiger partial charge in [0.2, 0.25) is 0 Å². The lowest BCUT2D eigenvalue weighted by Crippen LogP contribution is -2.50. The highest BCUT2D eigenvalue weighted by Gasteiger charge is 2.24. The molecule has 24 heavy (non-hydrogen) atoms. The summed E-state index contributed by atoms with van der Waals surface area (Å²) in [6.07, 6.45) is 5.14. The van der Waals surface area contributed by atoms with E-state index < -0.39 is 0 Å². The quantitative estimate of drug-likeness (QED) is 0.892. The van der Waals surface area contributed by atoms with Gasteiger partial charge in [0, 0.05) is 57.9 Å². The predicted molar refractivity (Wildman–Crippen MR) is 91.8 cm³/mol. The van der Waals surface area contributed by atoms with E-state index >= 15 is 0 Å². The molecule has 1 saturated heterocycles. The van der Waals surface area contributed by atoms with Crippen LogP contribution in [0, 0.1) is 0 Å². The Morgan fingerprint density at radius 2 is 1.92 bits per heavy atom. The van der Waals surface area contributed by atoms with Crippen molar-refractivity contribution in [2.45, 2.75) is 19.6 Å². The van der Waals surface area contributed by atoms with Crippen LogP contribution in [0.5, 0.6) is 0 Å². The molecule has 0 aliphatic carbocycles. The maximum Gasteiger partial charge on any atom is 0.270 e. The van der Waals surface area contributed by atoms with Crippen molar-refractivity contribution in [1.29, 1.82) is 0 Å². The van der Waals surface area contributed by atoms with Crippen LogP contribution < -0.4 is 0 Å². The largest absolute Gasteiger partial charge is 0.392 e. The minimum Gasteiger partial charge on any atom is -0.392 e. The summed E-state index contributed by atoms with van der Waals surface area (Å²) in [6, 6.07) is 7.72. The molecule has 3 heterocycles. The monoisotopic (exact) mass is 328 g/mol. The highest BCUT2D eigenvalue weighted by atomic mass is 16.3. The fourth-order valence-corrected chi connectivity index (χ4v) is 3.10. The summed E-state index contributed by atoms with van der Waals surface area (Å²) in [6.45, 7) is 6.14. The van der Waals surface area contributed by atoms with Crippen molar-refractivity contribution in [3.63, 3.8) is 0 Å². The van der Waals surface area contributed by atoms with Gasteiger partial charge in [-0.15, -0.1) is 0 Å². The van der Waals surface area contributed by atoms with Crippen molar-refractivity contribution in [2.24, 2.45) is 0 Å². The third kappa shape index (κ3) is 4.01. The summed E-state index contributed by atoms with van der Waals surface area (Å²) >= 11 is 0. The summed E-state index contributed by atoms with van der Waals surface area (Å²) < 4.78 is 1.99. The van der Waals surface area contributed by atoms with Gasteiger partial charge < -0.3 is 14.6 Å². The normalized spacial score (nSPS) is 17.0. The van der Waals surface area contributed by atoms with Crippen LogP contribution in [0.2, 0.25) is 0 Å². The van der Waals surface area contributed by atoms with Crippen LogP contribution in [-0.2, 0) is 6.54 Å². The Balaban J connectivity index is 1.63. The Kier molecular flexibility index (Phi) is 5.27. The molecular weight excluding hydrogens is 304 g/mol. The number of amides is 1. The van der Waals surface area contributed by atoms with Gasteiger partial charge in [0.1, 0.15) is 5.69 Å². The minimum atomic E-state index is -0.329.